The Morgan fingerprint density at radius 3 is 1.43 bits per heavy atom. The highest BCUT2D eigenvalue weighted by molar-refractivity contribution is 5.69. The van der Waals surface area contributed by atoms with Crippen molar-refractivity contribution in [1.82, 2.24) is 4.90 Å². The summed E-state index contributed by atoms with van der Waals surface area (Å²) in [5.74, 6) is 1.71. The highest BCUT2D eigenvalue weighted by atomic mass is 16.5. The highest BCUT2D eigenvalue weighted by Gasteiger charge is 2.14. The quantitative estimate of drug-likeness (QED) is 0.0389. The Labute approximate surface area is 320 Å². The van der Waals surface area contributed by atoms with Gasteiger partial charge >= 0.3 is 5.97 Å². The number of aliphatic hydroxyl groups excluding tert-OH is 1. The molecule has 0 bridgehead atoms. The van der Waals surface area contributed by atoms with Crippen molar-refractivity contribution in [2.75, 3.05) is 32.8 Å². The SMILES string of the molecule is C=C(C)OCCCCCN(CCO)CCCCCCCC(=O)OC(CCCCCCCC)CCCCCCCC.CCCCCCCCC(C)C. The summed E-state index contributed by atoms with van der Waals surface area (Å²) in [5, 5.41) is 9.39. The number of allylic oxidation sites excluding steroid dienone is 1. The lowest BCUT2D eigenvalue weighted by Gasteiger charge is -2.21. The van der Waals surface area contributed by atoms with Gasteiger partial charge in [0.2, 0.25) is 0 Å². The van der Waals surface area contributed by atoms with Gasteiger partial charge < -0.3 is 19.5 Å². The van der Waals surface area contributed by atoms with E-state index in [1.165, 1.54) is 128 Å². The van der Waals surface area contributed by atoms with Crippen molar-refractivity contribution in [2.45, 2.75) is 240 Å². The second kappa shape index (κ2) is 43.3. The second-order valence-electron chi connectivity index (χ2n) is 15.9. The lowest BCUT2D eigenvalue weighted by molar-refractivity contribution is -0.150. The number of hydrogen-bond acceptors (Lipinski definition) is 5. The molecule has 0 aliphatic carbocycles. The van der Waals surface area contributed by atoms with E-state index in [0.717, 1.165) is 95.7 Å². The number of nitrogens with zero attached hydrogens (tertiary/aromatic N) is 1. The molecule has 51 heavy (non-hydrogen) atoms. The van der Waals surface area contributed by atoms with Crippen LogP contribution in [0.1, 0.15) is 234 Å². The lowest BCUT2D eigenvalue weighted by atomic mass is 10.0. The number of esters is 1. The smallest absolute Gasteiger partial charge is 0.306 e. The molecule has 306 valence electrons. The molecule has 5 nitrogen and oxygen atoms in total. The maximum absolute atomic E-state index is 12.6. The minimum absolute atomic E-state index is 0.0183. The van der Waals surface area contributed by atoms with Crippen LogP contribution in [0.4, 0.5) is 0 Å². The average molecular weight is 724 g/mol. The van der Waals surface area contributed by atoms with Crippen LogP contribution < -0.4 is 0 Å². The van der Waals surface area contributed by atoms with Crippen molar-refractivity contribution in [2.24, 2.45) is 5.92 Å². The lowest BCUT2D eigenvalue weighted by Crippen LogP contribution is -2.29. The Kier molecular flexibility index (Phi) is 44.2. The fourth-order valence-corrected chi connectivity index (χ4v) is 6.62. The van der Waals surface area contributed by atoms with E-state index >= 15 is 0 Å². The van der Waals surface area contributed by atoms with Crippen LogP contribution >= 0.6 is 0 Å². The van der Waals surface area contributed by atoms with Crippen molar-refractivity contribution in [3.8, 4) is 0 Å². The molecular weight excluding hydrogens is 631 g/mol. The summed E-state index contributed by atoms with van der Waals surface area (Å²) >= 11 is 0. The summed E-state index contributed by atoms with van der Waals surface area (Å²) < 4.78 is 11.4. The number of carbonyl (C=O) groups is 1. The summed E-state index contributed by atoms with van der Waals surface area (Å²) in [7, 11) is 0. The molecule has 1 N–H and O–H groups in total. The fourth-order valence-electron chi connectivity index (χ4n) is 6.62. The van der Waals surface area contributed by atoms with E-state index in [0.29, 0.717) is 6.42 Å². The summed E-state index contributed by atoms with van der Waals surface area (Å²) in [6.07, 6.45) is 37.1. The van der Waals surface area contributed by atoms with Gasteiger partial charge in [-0.25, -0.2) is 0 Å². The Hall–Kier alpha value is -1.07. The molecule has 0 atom stereocenters. The third kappa shape index (κ3) is 45.0. The molecular formula is C46H93NO4. The third-order valence-corrected chi connectivity index (χ3v) is 9.93. The van der Waals surface area contributed by atoms with Gasteiger partial charge in [-0.3, -0.25) is 4.79 Å². The molecule has 0 aromatic rings. The predicted molar refractivity (Wildman–Crippen MR) is 225 cm³/mol. The Balaban J connectivity index is 0. The van der Waals surface area contributed by atoms with Gasteiger partial charge in [0.25, 0.3) is 0 Å². The maximum atomic E-state index is 12.6. The van der Waals surface area contributed by atoms with Gasteiger partial charge in [0.15, 0.2) is 0 Å². The largest absolute Gasteiger partial charge is 0.499 e. The van der Waals surface area contributed by atoms with Gasteiger partial charge in [-0.2, -0.15) is 0 Å². The minimum atomic E-state index is 0.0183. The molecule has 0 aliphatic heterocycles. The Morgan fingerprint density at radius 1 is 0.569 bits per heavy atom. The first-order valence-corrected chi connectivity index (χ1v) is 22.6. The molecule has 0 rings (SSSR count). The summed E-state index contributed by atoms with van der Waals surface area (Å²) in [6, 6.07) is 0. The number of hydrogen-bond donors (Lipinski definition) is 1. The van der Waals surface area contributed by atoms with Crippen LogP contribution in [0.3, 0.4) is 0 Å². The van der Waals surface area contributed by atoms with E-state index in [9.17, 15) is 9.90 Å². The maximum Gasteiger partial charge on any atom is 0.306 e. The van der Waals surface area contributed by atoms with Crippen LogP contribution in [0, 0.1) is 5.92 Å². The van der Waals surface area contributed by atoms with Crippen molar-refractivity contribution in [1.29, 1.82) is 0 Å². The zero-order valence-corrected chi connectivity index (χ0v) is 35.7. The molecule has 0 unspecified atom stereocenters. The number of aliphatic hydroxyl groups is 1. The molecule has 0 saturated heterocycles. The molecule has 0 radical (unpaired) electrons. The Bertz CT molecular complexity index is 681. The van der Waals surface area contributed by atoms with E-state index in [2.05, 4.69) is 46.1 Å². The van der Waals surface area contributed by atoms with Crippen molar-refractivity contribution in [3.63, 3.8) is 0 Å². The molecule has 0 fully saturated rings. The first kappa shape index (κ1) is 52.0. The molecule has 0 spiro atoms. The van der Waals surface area contributed by atoms with E-state index in [1.54, 1.807) is 0 Å². The van der Waals surface area contributed by atoms with Crippen molar-refractivity contribution in [3.05, 3.63) is 12.3 Å². The van der Waals surface area contributed by atoms with Gasteiger partial charge in [0.1, 0.15) is 6.10 Å². The van der Waals surface area contributed by atoms with E-state index in [1.807, 2.05) is 6.92 Å². The van der Waals surface area contributed by atoms with E-state index < -0.39 is 0 Å². The van der Waals surface area contributed by atoms with Crippen LogP contribution in [-0.4, -0.2) is 54.9 Å². The topological polar surface area (TPSA) is 59.0 Å². The van der Waals surface area contributed by atoms with Crippen LogP contribution in [0.15, 0.2) is 12.3 Å². The summed E-state index contributed by atoms with van der Waals surface area (Å²) in [5.41, 5.74) is 0. The number of carbonyl (C=O) groups excluding carboxylic acids is 1. The van der Waals surface area contributed by atoms with Crippen molar-refractivity contribution < 1.29 is 19.4 Å². The summed E-state index contributed by atoms with van der Waals surface area (Å²) in [4.78, 5) is 15.0. The molecule has 0 amide bonds. The second-order valence-corrected chi connectivity index (χ2v) is 15.9. The molecule has 0 heterocycles. The number of ether oxygens (including phenoxy) is 2. The average Bonchev–Trinajstić information content (AvgIpc) is 3.10. The molecule has 5 heteroatoms. The van der Waals surface area contributed by atoms with E-state index in [4.69, 9.17) is 9.47 Å². The minimum Gasteiger partial charge on any atom is -0.499 e. The fraction of sp³-hybridized carbons (Fsp3) is 0.935. The normalized spacial score (nSPS) is 11.3. The Morgan fingerprint density at radius 2 is 0.980 bits per heavy atom. The third-order valence-electron chi connectivity index (χ3n) is 9.93. The zero-order chi connectivity index (χ0) is 38.0. The van der Waals surface area contributed by atoms with Gasteiger partial charge in [-0.05, 0) is 83.7 Å². The van der Waals surface area contributed by atoms with E-state index in [-0.39, 0.29) is 18.7 Å². The number of unbranched alkanes of at least 4 members (excludes halogenated alkanes) is 21. The molecule has 0 aromatic heterocycles. The number of rotatable bonds is 39. The van der Waals surface area contributed by atoms with Crippen LogP contribution in [0.5, 0.6) is 0 Å². The van der Waals surface area contributed by atoms with Gasteiger partial charge in [-0.15, -0.1) is 0 Å². The van der Waals surface area contributed by atoms with Crippen molar-refractivity contribution >= 4 is 5.97 Å². The molecule has 0 saturated carbocycles. The highest BCUT2D eigenvalue weighted by Crippen LogP contribution is 2.18. The molecule has 0 aliphatic rings. The first-order valence-electron chi connectivity index (χ1n) is 22.6. The van der Waals surface area contributed by atoms with Crippen LogP contribution in [0.2, 0.25) is 0 Å². The predicted octanol–water partition coefficient (Wildman–Crippen LogP) is 14.1. The van der Waals surface area contributed by atoms with Crippen LogP contribution in [0.25, 0.3) is 0 Å². The monoisotopic (exact) mass is 724 g/mol. The van der Waals surface area contributed by atoms with Crippen LogP contribution in [-0.2, 0) is 14.3 Å². The van der Waals surface area contributed by atoms with Gasteiger partial charge in [0, 0.05) is 13.0 Å². The van der Waals surface area contributed by atoms with Gasteiger partial charge in [-0.1, -0.05) is 170 Å². The van der Waals surface area contributed by atoms with Gasteiger partial charge in [0.05, 0.1) is 19.0 Å². The summed E-state index contributed by atoms with van der Waals surface area (Å²) in [6.45, 7) is 20.9. The zero-order valence-electron chi connectivity index (χ0n) is 35.7. The first-order chi connectivity index (χ1) is 24.8. The molecule has 0 aromatic carbocycles. The standard InChI is InChI=1S/C35H69NO4.C11H24/c1-5-7-9-11-14-19-25-34(26-20-15-12-10-8-6-2)40-35(38)27-21-16-13-17-22-28-36(30-31-37)29-23-18-24-32-39-33(3)4;1-4-5-6-7-8-9-10-11(2)3/h34,37H,3,5-32H2,1-2,4H3;11H,4-10H2,1-3H3.